The molecule has 0 amide bonds. The van der Waals surface area contributed by atoms with Crippen LogP contribution in [0.5, 0.6) is 0 Å². The van der Waals surface area contributed by atoms with Crippen LogP contribution in [0, 0.1) is 5.41 Å². The molecule has 32 heavy (non-hydrogen) atoms. The van der Waals surface area contributed by atoms with Crippen LogP contribution in [0.3, 0.4) is 0 Å². The molecule has 0 atom stereocenters. The summed E-state index contributed by atoms with van der Waals surface area (Å²) in [5.41, 5.74) is 0.536. The predicted molar refractivity (Wildman–Crippen MR) is 152 cm³/mol. The average molecular weight is 473 g/mol. The molecule has 0 rings (SSSR count). The minimum atomic E-state index is 0.536. The second kappa shape index (κ2) is 29.3. The van der Waals surface area contributed by atoms with Crippen LogP contribution in [0.1, 0.15) is 189 Å². The van der Waals surface area contributed by atoms with Crippen molar-refractivity contribution in [1.29, 1.82) is 0 Å². The smallest absolute Gasteiger partial charge is 0.0223 e. The van der Waals surface area contributed by atoms with E-state index in [1.54, 1.807) is 0 Å². The van der Waals surface area contributed by atoms with Gasteiger partial charge in [-0.3, -0.25) is 0 Å². The van der Waals surface area contributed by atoms with E-state index in [2.05, 4.69) is 34.6 Å². The van der Waals surface area contributed by atoms with Gasteiger partial charge >= 0.3 is 0 Å². The Bertz CT molecular complexity index is 300. The SMILES string of the molecule is CCCCCCCCCCCCCCCCCCCCCCC(C)(C)C.CCCCCCl. The molecule has 0 aliphatic carbocycles. The highest BCUT2D eigenvalue weighted by atomic mass is 35.5. The van der Waals surface area contributed by atoms with Crippen molar-refractivity contribution in [2.45, 2.75) is 189 Å². The molecule has 0 aliphatic heterocycles. The lowest BCUT2D eigenvalue weighted by Gasteiger charge is -2.17. The topological polar surface area (TPSA) is 0 Å². The molecule has 0 bridgehead atoms. The van der Waals surface area contributed by atoms with E-state index in [-0.39, 0.29) is 0 Å². The van der Waals surface area contributed by atoms with Crippen molar-refractivity contribution < 1.29 is 0 Å². The summed E-state index contributed by atoms with van der Waals surface area (Å²) in [4.78, 5) is 0. The number of hydrogen-bond acceptors (Lipinski definition) is 0. The second-order valence-electron chi connectivity index (χ2n) is 11.4. The van der Waals surface area contributed by atoms with Crippen LogP contribution in [0.15, 0.2) is 0 Å². The molecule has 0 aromatic rings. The fraction of sp³-hybridized carbons (Fsp3) is 1.00. The zero-order valence-corrected chi connectivity index (χ0v) is 24.3. The summed E-state index contributed by atoms with van der Waals surface area (Å²) in [6, 6.07) is 0. The third kappa shape index (κ3) is 37.6. The van der Waals surface area contributed by atoms with Crippen molar-refractivity contribution in [2.24, 2.45) is 5.41 Å². The Balaban J connectivity index is 0. The van der Waals surface area contributed by atoms with Gasteiger partial charge in [0.05, 0.1) is 0 Å². The lowest BCUT2D eigenvalue weighted by Crippen LogP contribution is -2.03. The molecule has 0 N–H and O–H groups in total. The third-order valence-corrected chi connectivity index (χ3v) is 6.78. The molecule has 0 nitrogen and oxygen atoms in total. The third-order valence-electron chi connectivity index (χ3n) is 6.52. The Labute approximate surface area is 211 Å². The van der Waals surface area contributed by atoms with E-state index >= 15 is 0 Å². The Hall–Kier alpha value is 0.290. The Morgan fingerprint density at radius 1 is 0.375 bits per heavy atom. The zero-order valence-electron chi connectivity index (χ0n) is 23.6. The first-order valence-electron chi connectivity index (χ1n) is 15.0. The summed E-state index contributed by atoms with van der Waals surface area (Å²) in [5, 5.41) is 0. The normalized spacial score (nSPS) is 11.4. The van der Waals surface area contributed by atoms with Gasteiger partial charge in [-0.25, -0.2) is 0 Å². The van der Waals surface area contributed by atoms with E-state index in [4.69, 9.17) is 11.6 Å². The predicted octanol–water partition coefficient (Wildman–Crippen LogP) is 12.7. The summed E-state index contributed by atoms with van der Waals surface area (Å²) >= 11 is 5.38. The summed E-state index contributed by atoms with van der Waals surface area (Å²) in [5.74, 6) is 0.827. The van der Waals surface area contributed by atoms with E-state index in [1.807, 2.05) is 0 Å². The second-order valence-corrected chi connectivity index (χ2v) is 11.8. The van der Waals surface area contributed by atoms with Crippen LogP contribution < -0.4 is 0 Å². The maximum absolute atomic E-state index is 5.38. The first kappa shape index (κ1) is 34.5. The molecule has 0 saturated carbocycles. The van der Waals surface area contributed by atoms with Crippen LogP contribution in [0.2, 0.25) is 0 Å². The van der Waals surface area contributed by atoms with Gasteiger partial charge in [0, 0.05) is 5.88 Å². The Kier molecular flexibility index (Phi) is 31.6. The van der Waals surface area contributed by atoms with E-state index in [0.717, 1.165) is 5.88 Å². The zero-order chi connectivity index (χ0) is 24.2. The molecule has 196 valence electrons. The van der Waals surface area contributed by atoms with Crippen molar-refractivity contribution in [3.8, 4) is 0 Å². The van der Waals surface area contributed by atoms with Gasteiger partial charge in [-0.15, -0.1) is 11.6 Å². The number of rotatable bonds is 23. The van der Waals surface area contributed by atoms with Crippen molar-refractivity contribution >= 4 is 11.6 Å². The molecule has 1 heteroatoms. The summed E-state index contributed by atoms with van der Waals surface area (Å²) in [6.45, 7) is 11.6. The summed E-state index contributed by atoms with van der Waals surface area (Å²) < 4.78 is 0. The minimum Gasteiger partial charge on any atom is -0.127 e. The van der Waals surface area contributed by atoms with E-state index in [0.29, 0.717) is 5.41 Å². The molecule has 0 unspecified atom stereocenters. The monoisotopic (exact) mass is 472 g/mol. The fourth-order valence-corrected chi connectivity index (χ4v) is 4.44. The van der Waals surface area contributed by atoms with Crippen molar-refractivity contribution in [2.75, 3.05) is 5.88 Å². The largest absolute Gasteiger partial charge is 0.127 e. The average Bonchev–Trinajstić information content (AvgIpc) is 2.76. The lowest BCUT2D eigenvalue weighted by molar-refractivity contribution is 0.356. The molecule has 0 heterocycles. The summed E-state index contributed by atoms with van der Waals surface area (Å²) in [7, 11) is 0. The molecule has 0 radical (unpaired) electrons. The standard InChI is InChI=1S/C26H54.C5H11Cl/c1-5-6-7-8-9-10-11-12-13-14-15-16-17-18-19-20-21-22-23-24-25-26(2,3)4;1-2-3-4-5-6/h5-25H2,1-4H3;2-5H2,1H3. The quantitative estimate of drug-likeness (QED) is 0.102. The molecule has 0 saturated heterocycles. The van der Waals surface area contributed by atoms with Crippen LogP contribution in [0.25, 0.3) is 0 Å². The van der Waals surface area contributed by atoms with Gasteiger partial charge in [-0.05, 0) is 18.3 Å². The van der Waals surface area contributed by atoms with Gasteiger partial charge in [-0.2, -0.15) is 0 Å². The molecular formula is C31H65Cl. The van der Waals surface area contributed by atoms with Gasteiger partial charge in [0.15, 0.2) is 0 Å². The highest BCUT2D eigenvalue weighted by Gasteiger charge is 2.08. The molecule has 0 fully saturated rings. The molecule has 0 spiro atoms. The first-order valence-corrected chi connectivity index (χ1v) is 15.6. The number of unbranched alkanes of at least 4 members (excludes halogenated alkanes) is 21. The highest BCUT2D eigenvalue weighted by molar-refractivity contribution is 6.17. The number of alkyl halides is 1. The first-order chi connectivity index (χ1) is 15.5. The van der Waals surface area contributed by atoms with E-state index < -0.39 is 0 Å². The number of hydrogen-bond donors (Lipinski definition) is 0. The van der Waals surface area contributed by atoms with Gasteiger partial charge < -0.3 is 0 Å². The van der Waals surface area contributed by atoms with Crippen molar-refractivity contribution in [3.63, 3.8) is 0 Å². The fourth-order valence-electron chi connectivity index (χ4n) is 4.26. The van der Waals surface area contributed by atoms with E-state index in [9.17, 15) is 0 Å². The van der Waals surface area contributed by atoms with Crippen LogP contribution in [-0.4, -0.2) is 5.88 Å². The molecule has 0 aromatic heterocycles. The van der Waals surface area contributed by atoms with Gasteiger partial charge in [0.1, 0.15) is 0 Å². The van der Waals surface area contributed by atoms with Crippen molar-refractivity contribution in [1.82, 2.24) is 0 Å². The van der Waals surface area contributed by atoms with Gasteiger partial charge in [-0.1, -0.05) is 176 Å². The van der Waals surface area contributed by atoms with Gasteiger partial charge in [0.2, 0.25) is 0 Å². The lowest BCUT2D eigenvalue weighted by atomic mass is 9.89. The molecule has 0 aromatic carbocycles. The van der Waals surface area contributed by atoms with Crippen LogP contribution in [0.4, 0.5) is 0 Å². The summed E-state index contributed by atoms with van der Waals surface area (Å²) in [6.07, 6.45) is 34.6. The van der Waals surface area contributed by atoms with Crippen LogP contribution >= 0.6 is 11.6 Å². The van der Waals surface area contributed by atoms with Crippen molar-refractivity contribution in [3.05, 3.63) is 0 Å². The molecule has 0 aliphatic rings. The number of halogens is 1. The Morgan fingerprint density at radius 2 is 0.625 bits per heavy atom. The highest BCUT2D eigenvalue weighted by Crippen LogP contribution is 2.22. The molecular weight excluding hydrogens is 408 g/mol. The Morgan fingerprint density at radius 3 is 0.844 bits per heavy atom. The maximum atomic E-state index is 5.38. The van der Waals surface area contributed by atoms with Gasteiger partial charge in [0.25, 0.3) is 0 Å². The maximum Gasteiger partial charge on any atom is 0.0223 e. The minimum absolute atomic E-state index is 0.536. The van der Waals surface area contributed by atoms with E-state index in [1.165, 1.54) is 154 Å². The van der Waals surface area contributed by atoms with Crippen LogP contribution in [-0.2, 0) is 0 Å².